The molecule has 0 aliphatic heterocycles. The topological polar surface area (TPSA) is 97.6 Å². The predicted molar refractivity (Wildman–Crippen MR) is 124 cm³/mol. The van der Waals surface area contributed by atoms with Crippen molar-refractivity contribution < 1.29 is 22.4 Å². The number of hydrogen-bond acceptors (Lipinski definition) is 5. The summed E-state index contributed by atoms with van der Waals surface area (Å²) < 4.78 is 38.7. The normalized spacial score (nSPS) is 11.3. The van der Waals surface area contributed by atoms with Gasteiger partial charge in [0.05, 0.1) is 24.7 Å². The Morgan fingerprint density at radius 3 is 2.53 bits per heavy atom. The molecule has 1 amide bonds. The Balaban J connectivity index is 1.47. The fourth-order valence-electron chi connectivity index (χ4n) is 3.32. The smallest absolute Gasteiger partial charge is 0.261 e. The lowest BCUT2D eigenvalue weighted by Gasteiger charge is -2.11. The number of ether oxygens (including phenoxy) is 1. The number of hydrogen-bond donors (Lipinski definition) is 2. The summed E-state index contributed by atoms with van der Waals surface area (Å²) in [5.41, 5.74) is 3.36. The first-order valence-electron chi connectivity index (χ1n) is 9.87. The highest BCUT2D eigenvalue weighted by molar-refractivity contribution is 7.92. The molecule has 164 valence electrons. The van der Waals surface area contributed by atoms with Crippen molar-refractivity contribution in [2.45, 2.75) is 18.2 Å². The molecule has 2 N–H and O–H groups in total. The average Bonchev–Trinajstić information content (AvgIpc) is 3.15. The summed E-state index contributed by atoms with van der Waals surface area (Å²) in [5.74, 6) is 0.351. The summed E-state index contributed by atoms with van der Waals surface area (Å²) in [5, 5.41) is 3.64. The van der Waals surface area contributed by atoms with Crippen LogP contribution in [0.1, 0.15) is 11.1 Å². The van der Waals surface area contributed by atoms with E-state index in [9.17, 15) is 13.2 Å². The largest absolute Gasteiger partial charge is 0.497 e. The first kappa shape index (κ1) is 21.5. The van der Waals surface area contributed by atoms with E-state index in [2.05, 4.69) is 10.0 Å². The molecule has 1 aromatic heterocycles. The van der Waals surface area contributed by atoms with Crippen LogP contribution in [0.5, 0.6) is 5.75 Å². The second-order valence-electron chi connectivity index (χ2n) is 7.35. The van der Waals surface area contributed by atoms with Gasteiger partial charge in [-0.1, -0.05) is 18.2 Å². The molecule has 0 saturated carbocycles. The Kier molecular flexibility index (Phi) is 5.87. The maximum atomic E-state index is 12.8. The molecule has 4 aromatic rings. The van der Waals surface area contributed by atoms with Gasteiger partial charge < -0.3 is 14.5 Å². The number of sulfonamides is 1. The van der Waals surface area contributed by atoms with Crippen LogP contribution in [0.3, 0.4) is 0 Å². The van der Waals surface area contributed by atoms with Crippen molar-refractivity contribution in [1.29, 1.82) is 0 Å². The molecular formula is C24H22N2O5S. The van der Waals surface area contributed by atoms with Gasteiger partial charge in [-0.05, 0) is 61.0 Å². The van der Waals surface area contributed by atoms with Crippen molar-refractivity contribution in [1.82, 2.24) is 0 Å². The minimum Gasteiger partial charge on any atom is -0.497 e. The molecule has 32 heavy (non-hydrogen) atoms. The van der Waals surface area contributed by atoms with E-state index in [0.717, 1.165) is 22.1 Å². The van der Waals surface area contributed by atoms with Crippen molar-refractivity contribution in [2.24, 2.45) is 0 Å². The Hall–Kier alpha value is -3.78. The number of fused-ring (bicyclic) bond motifs is 1. The number of benzene rings is 3. The first-order chi connectivity index (χ1) is 15.3. The van der Waals surface area contributed by atoms with E-state index in [4.69, 9.17) is 9.15 Å². The Bertz CT molecular complexity index is 1380. The number of carbonyl (C=O) groups is 1. The molecule has 0 radical (unpaired) electrons. The molecule has 0 saturated heterocycles. The third-order valence-electron chi connectivity index (χ3n) is 4.93. The van der Waals surface area contributed by atoms with Gasteiger partial charge in [-0.25, -0.2) is 8.42 Å². The molecule has 0 spiro atoms. The van der Waals surface area contributed by atoms with Gasteiger partial charge in [0.2, 0.25) is 5.91 Å². The molecule has 0 fully saturated rings. The third kappa shape index (κ3) is 4.76. The molecule has 1 heterocycles. The summed E-state index contributed by atoms with van der Waals surface area (Å²) in [6.07, 6.45) is 1.68. The number of furan rings is 1. The van der Waals surface area contributed by atoms with E-state index in [1.54, 1.807) is 42.7 Å². The van der Waals surface area contributed by atoms with Crippen LogP contribution in [-0.4, -0.2) is 21.4 Å². The van der Waals surface area contributed by atoms with Gasteiger partial charge in [0.15, 0.2) is 0 Å². The highest BCUT2D eigenvalue weighted by atomic mass is 32.2. The summed E-state index contributed by atoms with van der Waals surface area (Å²) >= 11 is 0. The number of methoxy groups -OCH3 is 1. The standard InChI is InChI=1S/C24H22N2O5S/c1-16-6-11-22-17(15-31-23(22)12-16)13-24(27)25-19-4-3-5-21(14-19)32(28,29)26-18-7-9-20(30-2)10-8-18/h3-12,14-15,26H,13H2,1-2H3,(H,25,27). The van der Waals surface area contributed by atoms with E-state index in [0.29, 0.717) is 17.1 Å². The van der Waals surface area contributed by atoms with Gasteiger partial charge in [0.1, 0.15) is 11.3 Å². The molecule has 3 aromatic carbocycles. The van der Waals surface area contributed by atoms with Gasteiger partial charge in [-0.3, -0.25) is 9.52 Å². The fourth-order valence-corrected chi connectivity index (χ4v) is 4.42. The Labute approximate surface area is 186 Å². The minimum atomic E-state index is -3.83. The molecule has 0 aliphatic rings. The number of carbonyl (C=O) groups excluding carboxylic acids is 1. The quantitative estimate of drug-likeness (QED) is 0.424. The van der Waals surface area contributed by atoms with Crippen LogP contribution in [0.4, 0.5) is 11.4 Å². The summed E-state index contributed by atoms with van der Waals surface area (Å²) in [7, 11) is -2.29. The zero-order valence-electron chi connectivity index (χ0n) is 17.6. The summed E-state index contributed by atoms with van der Waals surface area (Å²) in [6.45, 7) is 1.97. The zero-order chi connectivity index (χ0) is 22.7. The Morgan fingerprint density at radius 1 is 1.00 bits per heavy atom. The van der Waals surface area contributed by atoms with Gasteiger partial charge in [-0.15, -0.1) is 0 Å². The van der Waals surface area contributed by atoms with Crippen LogP contribution in [0, 0.1) is 6.92 Å². The van der Waals surface area contributed by atoms with Crippen LogP contribution < -0.4 is 14.8 Å². The lowest BCUT2D eigenvalue weighted by Crippen LogP contribution is -2.16. The monoisotopic (exact) mass is 450 g/mol. The average molecular weight is 451 g/mol. The lowest BCUT2D eigenvalue weighted by molar-refractivity contribution is -0.115. The van der Waals surface area contributed by atoms with Gasteiger partial charge in [-0.2, -0.15) is 0 Å². The van der Waals surface area contributed by atoms with Gasteiger partial charge in [0.25, 0.3) is 10.0 Å². The van der Waals surface area contributed by atoms with Crippen LogP contribution >= 0.6 is 0 Å². The fraction of sp³-hybridized carbons (Fsp3) is 0.125. The van der Waals surface area contributed by atoms with Gasteiger partial charge >= 0.3 is 0 Å². The van der Waals surface area contributed by atoms with E-state index < -0.39 is 10.0 Å². The minimum absolute atomic E-state index is 0.0374. The second kappa shape index (κ2) is 8.76. The maximum absolute atomic E-state index is 12.8. The van der Waals surface area contributed by atoms with Crippen molar-refractivity contribution in [2.75, 3.05) is 17.1 Å². The van der Waals surface area contributed by atoms with Gasteiger partial charge in [0, 0.05) is 22.3 Å². The van der Waals surface area contributed by atoms with E-state index in [-0.39, 0.29) is 17.2 Å². The summed E-state index contributed by atoms with van der Waals surface area (Å²) in [6, 6.07) is 18.4. The highest BCUT2D eigenvalue weighted by Crippen LogP contribution is 2.24. The number of aryl methyl sites for hydroxylation is 1. The first-order valence-corrected chi connectivity index (χ1v) is 11.4. The van der Waals surface area contributed by atoms with E-state index in [1.165, 1.54) is 19.2 Å². The number of rotatable bonds is 7. The molecular weight excluding hydrogens is 428 g/mol. The van der Waals surface area contributed by atoms with Crippen LogP contribution in [0.15, 0.2) is 82.3 Å². The van der Waals surface area contributed by atoms with Crippen molar-refractivity contribution in [3.63, 3.8) is 0 Å². The predicted octanol–water partition coefficient (Wildman–Crippen LogP) is 4.73. The maximum Gasteiger partial charge on any atom is 0.261 e. The molecule has 4 rings (SSSR count). The second-order valence-corrected chi connectivity index (χ2v) is 9.03. The Morgan fingerprint density at radius 2 is 1.78 bits per heavy atom. The highest BCUT2D eigenvalue weighted by Gasteiger charge is 2.16. The van der Waals surface area contributed by atoms with Crippen molar-refractivity contribution in [3.8, 4) is 5.75 Å². The molecule has 0 bridgehead atoms. The molecule has 7 nitrogen and oxygen atoms in total. The van der Waals surface area contributed by atoms with Crippen LogP contribution in [0.25, 0.3) is 11.0 Å². The summed E-state index contributed by atoms with van der Waals surface area (Å²) in [4.78, 5) is 12.6. The molecule has 0 aliphatic carbocycles. The number of anilines is 2. The van der Waals surface area contributed by atoms with E-state index in [1.807, 2.05) is 25.1 Å². The van der Waals surface area contributed by atoms with Crippen LogP contribution in [-0.2, 0) is 21.2 Å². The lowest BCUT2D eigenvalue weighted by atomic mass is 10.1. The van der Waals surface area contributed by atoms with Crippen molar-refractivity contribution >= 4 is 38.3 Å². The third-order valence-corrected chi connectivity index (χ3v) is 6.31. The molecule has 0 atom stereocenters. The number of nitrogens with one attached hydrogen (secondary N) is 2. The van der Waals surface area contributed by atoms with Crippen molar-refractivity contribution in [3.05, 3.63) is 84.1 Å². The number of amides is 1. The zero-order valence-corrected chi connectivity index (χ0v) is 18.4. The van der Waals surface area contributed by atoms with E-state index >= 15 is 0 Å². The SMILES string of the molecule is COc1ccc(NS(=O)(=O)c2cccc(NC(=O)Cc3coc4cc(C)ccc34)c2)cc1. The molecule has 0 unspecified atom stereocenters. The van der Waals surface area contributed by atoms with Crippen LogP contribution in [0.2, 0.25) is 0 Å². The molecule has 8 heteroatoms.